The zero-order chi connectivity index (χ0) is 21.1. The molecule has 0 saturated carbocycles. The van der Waals surface area contributed by atoms with E-state index in [9.17, 15) is 18.8 Å². The molecule has 7 nitrogen and oxygen atoms in total. The van der Waals surface area contributed by atoms with Gasteiger partial charge in [0.1, 0.15) is 12.4 Å². The molecular formula is C22H21FN4O3. The van der Waals surface area contributed by atoms with E-state index in [0.717, 1.165) is 10.9 Å². The first-order valence-electron chi connectivity index (χ1n) is 9.76. The Bertz CT molecular complexity index is 1140. The Morgan fingerprint density at radius 3 is 2.23 bits per heavy atom. The van der Waals surface area contributed by atoms with Gasteiger partial charge in [0.2, 0.25) is 11.8 Å². The first-order valence-corrected chi connectivity index (χ1v) is 9.76. The SMILES string of the molecule is O=C(Cc1ccc(F)cc1)N1CCN(C(=O)Cn2ncc3ccccc3c2=O)CC1. The highest BCUT2D eigenvalue weighted by Gasteiger charge is 2.24. The minimum absolute atomic E-state index is 0.0545. The van der Waals surface area contributed by atoms with Crippen molar-refractivity contribution in [2.45, 2.75) is 13.0 Å². The van der Waals surface area contributed by atoms with E-state index in [1.54, 1.807) is 46.3 Å². The van der Waals surface area contributed by atoms with Crippen LogP contribution in [0, 0.1) is 5.82 Å². The summed E-state index contributed by atoms with van der Waals surface area (Å²) in [5, 5.41) is 5.36. The average molecular weight is 408 g/mol. The van der Waals surface area contributed by atoms with Crippen LogP contribution < -0.4 is 5.56 Å². The zero-order valence-electron chi connectivity index (χ0n) is 16.3. The molecule has 0 bridgehead atoms. The number of carbonyl (C=O) groups excluding carboxylic acids is 2. The van der Waals surface area contributed by atoms with Gasteiger partial charge in [-0.25, -0.2) is 9.07 Å². The van der Waals surface area contributed by atoms with Gasteiger partial charge in [-0.05, 0) is 23.8 Å². The fourth-order valence-electron chi connectivity index (χ4n) is 3.56. The summed E-state index contributed by atoms with van der Waals surface area (Å²) in [5.41, 5.74) is 0.455. The summed E-state index contributed by atoms with van der Waals surface area (Å²) >= 11 is 0. The molecule has 1 saturated heterocycles. The molecule has 1 fully saturated rings. The molecule has 1 aliphatic heterocycles. The van der Waals surface area contributed by atoms with Gasteiger partial charge < -0.3 is 9.80 Å². The molecule has 0 radical (unpaired) electrons. The lowest BCUT2D eigenvalue weighted by atomic mass is 10.1. The molecule has 4 rings (SSSR count). The second kappa shape index (κ2) is 8.44. The monoisotopic (exact) mass is 408 g/mol. The van der Waals surface area contributed by atoms with E-state index in [4.69, 9.17) is 0 Å². The third kappa shape index (κ3) is 4.22. The Kier molecular flexibility index (Phi) is 5.56. The summed E-state index contributed by atoms with van der Waals surface area (Å²) in [6.07, 6.45) is 1.78. The molecule has 154 valence electrons. The second-order valence-electron chi connectivity index (χ2n) is 7.26. The topological polar surface area (TPSA) is 75.5 Å². The quantitative estimate of drug-likeness (QED) is 0.655. The first kappa shape index (κ1) is 19.8. The number of fused-ring (bicyclic) bond motifs is 1. The Morgan fingerprint density at radius 1 is 0.900 bits per heavy atom. The van der Waals surface area contributed by atoms with Crippen molar-refractivity contribution < 1.29 is 14.0 Å². The molecule has 2 amide bonds. The van der Waals surface area contributed by atoms with Crippen molar-refractivity contribution in [2.24, 2.45) is 0 Å². The molecule has 1 aliphatic rings. The van der Waals surface area contributed by atoms with Crippen LogP contribution in [0.2, 0.25) is 0 Å². The van der Waals surface area contributed by atoms with Crippen LogP contribution in [0.25, 0.3) is 10.8 Å². The smallest absolute Gasteiger partial charge is 0.275 e. The molecule has 0 unspecified atom stereocenters. The van der Waals surface area contributed by atoms with Crippen LogP contribution in [0.3, 0.4) is 0 Å². The van der Waals surface area contributed by atoms with Gasteiger partial charge in [0.15, 0.2) is 0 Å². The molecular weight excluding hydrogens is 387 g/mol. The van der Waals surface area contributed by atoms with E-state index in [2.05, 4.69) is 5.10 Å². The van der Waals surface area contributed by atoms with Crippen LogP contribution in [0.15, 0.2) is 59.5 Å². The summed E-state index contributed by atoms with van der Waals surface area (Å²) in [5.74, 6) is -0.593. The van der Waals surface area contributed by atoms with Gasteiger partial charge in [0, 0.05) is 31.6 Å². The van der Waals surface area contributed by atoms with Crippen molar-refractivity contribution >= 4 is 22.6 Å². The molecule has 1 aromatic heterocycles. The summed E-state index contributed by atoms with van der Waals surface area (Å²) in [6, 6.07) is 13.0. The maximum atomic E-state index is 13.0. The van der Waals surface area contributed by atoms with Gasteiger partial charge in [-0.1, -0.05) is 30.3 Å². The van der Waals surface area contributed by atoms with E-state index in [1.165, 1.54) is 16.8 Å². The highest BCUT2D eigenvalue weighted by atomic mass is 19.1. The highest BCUT2D eigenvalue weighted by molar-refractivity contribution is 5.82. The number of nitrogens with zero attached hydrogens (tertiary/aromatic N) is 4. The van der Waals surface area contributed by atoms with Crippen LogP contribution in [0.5, 0.6) is 0 Å². The Hall–Kier alpha value is -3.55. The zero-order valence-corrected chi connectivity index (χ0v) is 16.3. The lowest BCUT2D eigenvalue weighted by Crippen LogP contribution is -2.52. The van der Waals surface area contributed by atoms with Crippen molar-refractivity contribution in [3.8, 4) is 0 Å². The van der Waals surface area contributed by atoms with E-state index in [1.807, 2.05) is 6.07 Å². The summed E-state index contributed by atoms with van der Waals surface area (Å²) in [6.45, 7) is 1.51. The summed E-state index contributed by atoms with van der Waals surface area (Å²) in [7, 11) is 0. The lowest BCUT2D eigenvalue weighted by molar-refractivity contribution is -0.139. The van der Waals surface area contributed by atoms with Crippen molar-refractivity contribution in [3.05, 3.63) is 76.5 Å². The largest absolute Gasteiger partial charge is 0.339 e. The predicted molar refractivity (Wildman–Crippen MR) is 109 cm³/mol. The van der Waals surface area contributed by atoms with Gasteiger partial charge in [-0.15, -0.1) is 0 Å². The average Bonchev–Trinajstić information content (AvgIpc) is 2.77. The number of halogens is 1. The number of rotatable bonds is 4. The van der Waals surface area contributed by atoms with Gasteiger partial charge in [-0.2, -0.15) is 5.10 Å². The molecule has 0 aliphatic carbocycles. The maximum absolute atomic E-state index is 13.0. The Morgan fingerprint density at radius 2 is 1.53 bits per heavy atom. The van der Waals surface area contributed by atoms with Crippen molar-refractivity contribution in [1.29, 1.82) is 0 Å². The molecule has 2 heterocycles. The number of amides is 2. The van der Waals surface area contributed by atoms with E-state index in [-0.39, 0.29) is 36.2 Å². The molecule has 0 spiro atoms. The highest BCUT2D eigenvalue weighted by Crippen LogP contribution is 2.10. The van der Waals surface area contributed by atoms with Gasteiger partial charge in [-0.3, -0.25) is 14.4 Å². The minimum atomic E-state index is -0.335. The van der Waals surface area contributed by atoms with E-state index >= 15 is 0 Å². The molecule has 2 aromatic carbocycles. The van der Waals surface area contributed by atoms with Crippen molar-refractivity contribution in [3.63, 3.8) is 0 Å². The molecule has 0 N–H and O–H groups in total. The summed E-state index contributed by atoms with van der Waals surface area (Å²) in [4.78, 5) is 41.0. The third-order valence-electron chi connectivity index (χ3n) is 5.30. The van der Waals surface area contributed by atoms with Gasteiger partial charge >= 0.3 is 0 Å². The molecule has 0 atom stereocenters. The number of benzene rings is 2. The van der Waals surface area contributed by atoms with Crippen LogP contribution in [-0.4, -0.2) is 57.6 Å². The number of hydrogen-bond donors (Lipinski definition) is 0. The molecule has 8 heteroatoms. The fraction of sp³-hybridized carbons (Fsp3) is 0.273. The minimum Gasteiger partial charge on any atom is -0.339 e. The van der Waals surface area contributed by atoms with E-state index in [0.29, 0.717) is 31.6 Å². The standard InChI is InChI=1S/C22H21FN4O3/c23-18-7-5-16(6-8-18)13-20(28)25-9-11-26(12-10-25)21(29)15-27-22(30)19-4-2-1-3-17(19)14-24-27/h1-8,14H,9-13,15H2. The van der Waals surface area contributed by atoms with Crippen LogP contribution in [0.4, 0.5) is 4.39 Å². The summed E-state index contributed by atoms with van der Waals surface area (Å²) < 4.78 is 14.2. The predicted octanol–water partition coefficient (Wildman–Crippen LogP) is 1.45. The molecule has 30 heavy (non-hydrogen) atoms. The number of piperazine rings is 1. The first-order chi connectivity index (χ1) is 14.5. The normalized spacial score (nSPS) is 14.2. The molecule has 3 aromatic rings. The number of aromatic nitrogens is 2. The van der Waals surface area contributed by atoms with Crippen LogP contribution >= 0.6 is 0 Å². The van der Waals surface area contributed by atoms with Crippen LogP contribution in [-0.2, 0) is 22.6 Å². The second-order valence-corrected chi connectivity index (χ2v) is 7.26. The number of carbonyl (C=O) groups is 2. The van der Waals surface area contributed by atoms with E-state index < -0.39 is 0 Å². The van der Waals surface area contributed by atoms with Crippen molar-refractivity contribution in [1.82, 2.24) is 19.6 Å². The maximum Gasteiger partial charge on any atom is 0.275 e. The lowest BCUT2D eigenvalue weighted by Gasteiger charge is -2.35. The van der Waals surface area contributed by atoms with Gasteiger partial charge in [0.05, 0.1) is 18.0 Å². The Balaban J connectivity index is 1.34. The fourth-order valence-corrected chi connectivity index (χ4v) is 3.56. The van der Waals surface area contributed by atoms with Crippen molar-refractivity contribution in [2.75, 3.05) is 26.2 Å². The van der Waals surface area contributed by atoms with Crippen LogP contribution in [0.1, 0.15) is 5.56 Å². The Labute approximate surface area is 172 Å². The van der Waals surface area contributed by atoms with Gasteiger partial charge in [0.25, 0.3) is 5.56 Å². The third-order valence-corrected chi connectivity index (χ3v) is 5.30. The number of hydrogen-bond acceptors (Lipinski definition) is 4.